The number of piperazine rings is 1. The Labute approximate surface area is 141 Å². The van der Waals surface area contributed by atoms with E-state index in [-0.39, 0.29) is 42.0 Å². The van der Waals surface area contributed by atoms with Crippen molar-refractivity contribution in [3.8, 4) is 0 Å². The van der Waals surface area contributed by atoms with Crippen molar-refractivity contribution in [3.63, 3.8) is 0 Å². The predicted octanol–water partition coefficient (Wildman–Crippen LogP) is 1.25. The van der Waals surface area contributed by atoms with Gasteiger partial charge < -0.3 is 15.5 Å². The zero-order valence-corrected chi connectivity index (χ0v) is 13.6. The van der Waals surface area contributed by atoms with Crippen LogP contribution in [0.2, 0.25) is 0 Å². The van der Waals surface area contributed by atoms with Gasteiger partial charge in [0, 0.05) is 32.6 Å². The molecule has 1 aromatic carbocycles. The smallest absolute Gasteiger partial charge is 0.228 e. The summed E-state index contributed by atoms with van der Waals surface area (Å²) >= 11 is 0. The zero-order valence-electron chi connectivity index (χ0n) is 12.8. The van der Waals surface area contributed by atoms with Gasteiger partial charge in [-0.1, -0.05) is 12.1 Å². The van der Waals surface area contributed by atoms with E-state index in [2.05, 4.69) is 10.6 Å². The van der Waals surface area contributed by atoms with Crippen molar-refractivity contribution in [1.82, 2.24) is 15.5 Å². The van der Waals surface area contributed by atoms with Crippen molar-refractivity contribution >= 4 is 24.2 Å². The summed E-state index contributed by atoms with van der Waals surface area (Å²) in [5, 5.41) is 6.02. The minimum absolute atomic E-state index is 0. The summed E-state index contributed by atoms with van der Waals surface area (Å²) in [6, 6.07) is 6.25. The number of nitrogens with one attached hydrogen (secondary N) is 2. The molecule has 0 aromatic heterocycles. The first-order valence-corrected chi connectivity index (χ1v) is 7.68. The van der Waals surface area contributed by atoms with Crippen LogP contribution in [0.5, 0.6) is 0 Å². The van der Waals surface area contributed by atoms with Crippen molar-refractivity contribution in [3.05, 3.63) is 35.6 Å². The van der Waals surface area contributed by atoms with E-state index in [4.69, 9.17) is 0 Å². The molecule has 0 bridgehead atoms. The molecule has 23 heavy (non-hydrogen) atoms. The molecule has 2 heterocycles. The second-order valence-electron chi connectivity index (χ2n) is 5.85. The molecule has 0 spiro atoms. The van der Waals surface area contributed by atoms with Crippen LogP contribution in [0.4, 0.5) is 4.39 Å². The Kier molecular flexibility index (Phi) is 5.96. The average Bonchev–Trinajstić information content (AvgIpc) is 2.55. The number of hydrogen-bond acceptors (Lipinski definition) is 3. The number of nitrogens with zero attached hydrogens (tertiary/aromatic N) is 1. The molecule has 2 unspecified atom stereocenters. The fourth-order valence-corrected chi connectivity index (χ4v) is 3.16. The Balaban J connectivity index is 0.00000192. The highest BCUT2D eigenvalue weighted by Crippen LogP contribution is 2.26. The van der Waals surface area contributed by atoms with Crippen LogP contribution in [0.3, 0.4) is 0 Å². The van der Waals surface area contributed by atoms with Crippen LogP contribution in [0.25, 0.3) is 0 Å². The highest BCUT2D eigenvalue weighted by molar-refractivity contribution is 5.85. The summed E-state index contributed by atoms with van der Waals surface area (Å²) in [4.78, 5) is 25.9. The fourth-order valence-electron chi connectivity index (χ4n) is 3.16. The van der Waals surface area contributed by atoms with E-state index in [1.807, 2.05) is 11.0 Å². The van der Waals surface area contributed by atoms with Crippen LogP contribution in [0.1, 0.15) is 24.4 Å². The van der Waals surface area contributed by atoms with E-state index >= 15 is 0 Å². The first-order valence-electron chi connectivity index (χ1n) is 7.68. The predicted molar refractivity (Wildman–Crippen MR) is 86.7 cm³/mol. The molecule has 2 fully saturated rings. The number of hydrogen-bond donors (Lipinski definition) is 2. The van der Waals surface area contributed by atoms with Crippen LogP contribution in [-0.4, -0.2) is 42.9 Å². The number of rotatable bonds is 2. The number of halogens is 2. The Morgan fingerprint density at radius 3 is 2.83 bits per heavy atom. The van der Waals surface area contributed by atoms with Crippen molar-refractivity contribution < 1.29 is 14.0 Å². The molecule has 126 valence electrons. The van der Waals surface area contributed by atoms with Crippen LogP contribution >= 0.6 is 12.4 Å². The number of piperidine rings is 1. The lowest BCUT2D eigenvalue weighted by Gasteiger charge is -2.39. The third-order valence-electron chi connectivity index (χ3n) is 4.37. The van der Waals surface area contributed by atoms with Crippen molar-refractivity contribution in [1.29, 1.82) is 0 Å². The van der Waals surface area contributed by atoms with Gasteiger partial charge in [-0.3, -0.25) is 9.59 Å². The van der Waals surface area contributed by atoms with Gasteiger partial charge >= 0.3 is 0 Å². The molecule has 2 N–H and O–H groups in total. The van der Waals surface area contributed by atoms with Crippen LogP contribution in [0, 0.1) is 11.7 Å². The van der Waals surface area contributed by atoms with E-state index in [1.165, 1.54) is 12.1 Å². The SMILES string of the molecule is Cl.O=C1CCC(C(=O)N2CCNCC2c2cccc(F)c2)CN1. The Morgan fingerprint density at radius 1 is 1.30 bits per heavy atom. The molecule has 5 nitrogen and oxygen atoms in total. The third kappa shape index (κ3) is 4.00. The molecule has 2 aliphatic rings. The number of carbonyl (C=O) groups excluding carboxylic acids is 2. The monoisotopic (exact) mass is 341 g/mol. The molecular formula is C16H21ClFN3O2. The first kappa shape index (κ1) is 17.7. The summed E-state index contributed by atoms with van der Waals surface area (Å²) in [5.74, 6) is -0.408. The van der Waals surface area contributed by atoms with Gasteiger partial charge in [0.1, 0.15) is 5.82 Å². The molecule has 1 aromatic rings. The summed E-state index contributed by atoms with van der Waals surface area (Å²) in [7, 11) is 0. The van der Waals surface area contributed by atoms with Crippen molar-refractivity contribution in [2.24, 2.45) is 5.92 Å². The molecular weight excluding hydrogens is 321 g/mol. The maximum Gasteiger partial charge on any atom is 0.228 e. The Hall–Kier alpha value is -1.66. The van der Waals surface area contributed by atoms with Crippen molar-refractivity contribution in [2.75, 3.05) is 26.2 Å². The van der Waals surface area contributed by atoms with Crippen LogP contribution < -0.4 is 10.6 Å². The van der Waals surface area contributed by atoms with Gasteiger partial charge in [-0.2, -0.15) is 0 Å². The molecule has 3 rings (SSSR count). The van der Waals surface area contributed by atoms with E-state index in [9.17, 15) is 14.0 Å². The minimum atomic E-state index is -0.291. The summed E-state index contributed by atoms with van der Waals surface area (Å²) in [5.41, 5.74) is 0.806. The standard InChI is InChI=1S/C16H20FN3O2.ClH/c17-13-3-1-2-11(8-13)14-10-18-6-7-20(14)16(22)12-4-5-15(21)19-9-12;/h1-3,8,12,14,18H,4-7,9-10H2,(H,19,21);1H. The zero-order chi connectivity index (χ0) is 15.5. The first-order chi connectivity index (χ1) is 10.6. The normalized spacial score (nSPS) is 24.6. The maximum atomic E-state index is 13.5. The van der Waals surface area contributed by atoms with Gasteiger partial charge in [-0.05, 0) is 24.1 Å². The molecule has 2 aliphatic heterocycles. The van der Waals surface area contributed by atoms with Crippen LogP contribution in [0.15, 0.2) is 24.3 Å². The van der Waals surface area contributed by atoms with Gasteiger partial charge in [0.25, 0.3) is 0 Å². The van der Waals surface area contributed by atoms with Gasteiger partial charge in [0.2, 0.25) is 11.8 Å². The lowest BCUT2D eigenvalue weighted by Crippen LogP contribution is -2.52. The Morgan fingerprint density at radius 2 is 2.13 bits per heavy atom. The van der Waals surface area contributed by atoms with Gasteiger partial charge in [0.15, 0.2) is 0 Å². The summed E-state index contributed by atoms with van der Waals surface area (Å²) in [6.45, 7) is 2.35. The van der Waals surface area contributed by atoms with Gasteiger partial charge in [-0.15, -0.1) is 12.4 Å². The molecule has 2 atom stereocenters. The van der Waals surface area contributed by atoms with E-state index in [0.29, 0.717) is 32.5 Å². The van der Waals surface area contributed by atoms with Crippen molar-refractivity contribution in [2.45, 2.75) is 18.9 Å². The lowest BCUT2D eigenvalue weighted by atomic mass is 9.95. The van der Waals surface area contributed by atoms with E-state index < -0.39 is 0 Å². The molecule has 2 amide bonds. The summed E-state index contributed by atoms with van der Waals surface area (Å²) < 4.78 is 13.5. The number of amides is 2. The second-order valence-corrected chi connectivity index (χ2v) is 5.85. The largest absolute Gasteiger partial charge is 0.355 e. The molecule has 0 radical (unpaired) electrons. The molecule has 0 saturated carbocycles. The van der Waals surface area contributed by atoms with Gasteiger partial charge in [0.05, 0.1) is 12.0 Å². The highest BCUT2D eigenvalue weighted by atomic mass is 35.5. The fraction of sp³-hybridized carbons (Fsp3) is 0.500. The third-order valence-corrected chi connectivity index (χ3v) is 4.37. The Bertz CT molecular complexity index is 574. The summed E-state index contributed by atoms with van der Waals surface area (Å²) in [6.07, 6.45) is 0.984. The minimum Gasteiger partial charge on any atom is -0.355 e. The van der Waals surface area contributed by atoms with Crippen LogP contribution in [-0.2, 0) is 9.59 Å². The lowest BCUT2D eigenvalue weighted by molar-refractivity contribution is -0.140. The molecule has 2 saturated heterocycles. The maximum absolute atomic E-state index is 13.5. The topological polar surface area (TPSA) is 61.4 Å². The highest BCUT2D eigenvalue weighted by Gasteiger charge is 2.34. The molecule has 7 heteroatoms. The molecule has 0 aliphatic carbocycles. The number of carbonyl (C=O) groups is 2. The number of benzene rings is 1. The van der Waals surface area contributed by atoms with Gasteiger partial charge in [-0.25, -0.2) is 4.39 Å². The quantitative estimate of drug-likeness (QED) is 0.851. The van der Waals surface area contributed by atoms with E-state index in [1.54, 1.807) is 6.07 Å². The van der Waals surface area contributed by atoms with E-state index in [0.717, 1.165) is 12.1 Å². The second kappa shape index (κ2) is 7.75. The average molecular weight is 342 g/mol.